The van der Waals surface area contributed by atoms with E-state index in [1.165, 1.54) is 0 Å². The molecule has 1 aliphatic heterocycles. The van der Waals surface area contributed by atoms with E-state index in [1.54, 1.807) is 0 Å². The minimum atomic E-state index is -0.702. The maximum atomic E-state index is 11.1. The third-order valence-electron chi connectivity index (χ3n) is 2.20. The lowest BCUT2D eigenvalue weighted by Crippen LogP contribution is -2.37. The van der Waals surface area contributed by atoms with E-state index in [4.69, 9.17) is 10.6 Å². The van der Waals surface area contributed by atoms with Crippen LogP contribution in [-0.4, -0.2) is 24.9 Å². The van der Waals surface area contributed by atoms with Gasteiger partial charge in [0.05, 0.1) is 0 Å². The molecule has 0 bridgehead atoms. The number of carbonyl (C=O) groups is 2. The number of ether oxygens (including phenoxy) is 1. The predicted octanol–water partition coefficient (Wildman–Crippen LogP) is -0.638. The van der Waals surface area contributed by atoms with E-state index in [0.717, 1.165) is 12.8 Å². The third kappa shape index (κ3) is 3.12. The Morgan fingerprint density at radius 2 is 2.00 bits per heavy atom. The summed E-state index contributed by atoms with van der Waals surface area (Å²) in [6.07, 6.45) is 1.99. The number of hydrogen-bond donors (Lipinski definition) is 2. The van der Waals surface area contributed by atoms with Crippen molar-refractivity contribution in [3.8, 4) is 0 Å². The standard InChI is InChI=1S/C8H14N2O3/c9-10-8(12)7(11)5-6-1-3-13-4-2-6/h6H,1-5,9H2,(H,10,12). The topological polar surface area (TPSA) is 81.4 Å². The van der Waals surface area contributed by atoms with E-state index in [0.29, 0.717) is 13.2 Å². The predicted molar refractivity (Wildman–Crippen MR) is 45.5 cm³/mol. The minimum absolute atomic E-state index is 0.276. The van der Waals surface area contributed by atoms with Gasteiger partial charge in [-0.2, -0.15) is 0 Å². The Balaban J connectivity index is 2.30. The van der Waals surface area contributed by atoms with Gasteiger partial charge in [-0.15, -0.1) is 0 Å². The van der Waals surface area contributed by atoms with Crippen LogP contribution in [0.1, 0.15) is 19.3 Å². The number of rotatable bonds is 3. The normalized spacial score (nSPS) is 18.2. The van der Waals surface area contributed by atoms with Gasteiger partial charge >= 0.3 is 5.91 Å². The van der Waals surface area contributed by atoms with Crippen LogP contribution in [0.15, 0.2) is 0 Å². The summed E-state index contributed by atoms with van der Waals surface area (Å²) in [5, 5.41) is 0. The molecule has 74 valence electrons. The molecule has 0 aromatic heterocycles. The molecule has 3 N–H and O–H groups in total. The highest BCUT2D eigenvalue weighted by molar-refractivity contribution is 6.35. The van der Waals surface area contributed by atoms with Crippen LogP contribution in [0, 0.1) is 5.92 Å². The zero-order valence-electron chi connectivity index (χ0n) is 7.41. The zero-order valence-corrected chi connectivity index (χ0v) is 7.41. The second kappa shape index (κ2) is 4.94. The van der Waals surface area contributed by atoms with Gasteiger partial charge in [0.15, 0.2) is 0 Å². The molecule has 0 saturated carbocycles. The number of ketones is 1. The molecule has 0 aromatic rings. The van der Waals surface area contributed by atoms with Gasteiger partial charge in [-0.1, -0.05) is 0 Å². The Morgan fingerprint density at radius 1 is 1.38 bits per heavy atom. The van der Waals surface area contributed by atoms with Crippen molar-refractivity contribution in [3.05, 3.63) is 0 Å². The van der Waals surface area contributed by atoms with Gasteiger partial charge in [0, 0.05) is 19.6 Å². The van der Waals surface area contributed by atoms with Gasteiger partial charge in [0.25, 0.3) is 0 Å². The largest absolute Gasteiger partial charge is 0.381 e. The van der Waals surface area contributed by atoms with E-state index < -0.39 is 11.7 Å². The van der Waals surface area contributed by atoms with Crippen molar-refractivity contribution in [3.63, 3.8) is 0 Å². The molecule has 0 radical (unpaired) electrons. The van der Waals surface area contributed by atoms with Gasteiger partial charge in [-0.3, -0.25) is 15.0 Å². The Labute approximate surface area is 76.6 Å². The van der Waals surface area contributed by atoms with Gasteiger partial charge in [-0.25, -0.2) is 5.84 Å². The van der Waals surface area contributed by atoms with Crippen molar-refractivity contribution in [1.82, 2.24) is 5.43 Å². The number of hydrazine groups is 1. The number of nitrogens with two attached hydrogens (primary N) is 1. The summed E-state index contributed by atoms with van der Waals surface area (Å²) in [7, 11) is 0. The summed E-state index contributed by atoms with van der Waals surface area (Å²) in [5.74, 6) is 3.97. The lowest BCUT2D eigenvalue weighted by molar-refractivity contribution is -0.138. The van der Waals surface area contributed by atoms with Crippen LogP contribution >= 0.6 is 0 Å². The quantitative estimate of drug-likeness (QED) is 0.266. The molecule has 0 spiro atoms. The van der Waals surface area contributed by atoms with Crippen molar-refractivity contribution < 1.29 is 14.3 Å². The van der Waals surface area contributed by atoms with Crippen LogP contribution in [0.3, 0.4) is 0 Å². The molecule has 0 atom stereocenters. The first-order valence-corrected chi connectivity index (χ1v) is 4.35. The fraction of sp³-hybridized carbons (Fsp3) is 0.750. The van der Waals surface area contributed by atoms with E-state index in [2.05, 4.69) is 0 Å². The van der Waals surface area contributed by atoms with Crippen LogP contribution in [0.4, 0.5) is 0 Å². The summed E-state index contributed by atoms with van der Waals surface area (Å²) in [6.45, 7) is 1.37. The zero-order chi connectivity index (χ0) is 9.68. The second-order valence-electron chi connectivity index (χ2n) is 3.16. The fourth-order valence-electron chi connectivity index (χ4n) is 1.39. The molecular weight excluding hydrogens is 172 g/mol. The minimum Gasteiger partial charge on any atom is -0.381 e. The lowest BCUT2D eigenvalue weighted by atomic mass is 9.94. The molecule has 0 unspecified atom stereocenters. The molecule has 0 aromatic carbocycles. The van der Waals surface area contributed by atoms with E-state index in [1.807, 2.05) is 5.43 Å². The average molecular weight is 186 g/mol. The maximum Gasteiger partial charge on any atom is 0.301 e. The molecule has 5 nitrogen and oxygen atoms in total. The maximum absolute atomic E-state index is 11.1. The molecular formula is C8H14N2O3. The first-order chi connectivity index (χ1) is 6.24. The van der Waals surface area contributed by atoms with Crippen LogP contribution in [-0.2, 0) is 14.3 Å². The lowest BCUT2D eigenvalue weighted by Gasteiger charge is -2.20. The van der Waals surface area contributed by atoms with Gasteiger partial charge in [0.2, 0.25) is 5.78 Å². The molecule has 1 aliphatic rings. The number of amides is 1. The van der Waals surface area contributed by atoms with Crippen molar-refractivity contribution >= 4 is 11.7 Å². The highest BCUT2D eigenvalue weighted by Gasteiger charge is 2.20. The summed E-state index contributed by atoms with van der Waals surface area (Å²) >= 11 is 0. The van der Waals surface area contributed by atoms with Crippen LogP contribution in [0.5, 0.6) is 0 Å². The number of carbonyl (C=O) groups excluding carboxylic acids is 2. The van der Waals surface area contributed by atoms with Crippen molar-refractivity contribution in [2.45, 2.75) is 19.3 Å². The summed E-state index contributed by atoms with van der Waals surface area (Å²) in [4.78, 5) is 21.9. The van der Waals surface area contributed by atoms with E-state index >= 15 is 0 Å². The third-order valence-corrected chi connectivity index (χ3v) is 2.20. The molecule has 0 aliphatic carbocycles. The number of nitrogens with one attached hydrogen (secondary N) is 1. The first kappa shape index (κ1) is 10.1. The highest BCUT2D eigenvalue weighted by atomic mass is 16.5. The summed E-state index contributed by atoms with van der Waals surface area (Å²) < 4.78 is 5.13. The fourth-order valence-corrected chi connectivity index (χ4v) is 1.39. The van der Waals surface area contributed by atoms with Crippen LogP contribution in [0.25, 0.3) is 0 Å². The molecule has 1 saturated heterocycles. The van der Waals surface area contributed by atoms with Gasteiger partial charge < -0.3 is 4.74 Å². The summed E-state index contributed by atoms with van der Waals surface area (Å²) in [6, 6.07) is 0. The average Bonchev–Trinajstić information content (AvgIpc) is 2.18. The molecule has 5 heteroatoms. The summed E-state index contributed by atoms with van der Waals surface area (Å²) in [5.41, 5.74) is 1.83. The Morgan fingerprint density at radius 3 is 2.54 bits per heavy atom. The molecule has 1 rings (SSSR count). The van der Waals surface area contributed by atoms with Crippen molar-refractivity contribution in [2.75, 3.05) is 13.2 Å². The van der Waals surface area contributed by atoms with Crippen LogP contribution in [0.2, 0.25) is 0 Å². The Kier molecular flexibility index (Phi) is 3.85. The molecule has 1 amide bonds. The highest BCUT2D eigenvalue weighted by Crippen LogP contribution is 2.18. The van der Waals surface area contributed by atoms with E-state index in [-0.39, 0.29) is 12.3 Å². The molecule has 1 heterocycles. The molecule has 1 fully saturated rings. The first-order valence-electron chi connectivity index (χ1n) is 4.35. The Bertz CT molecular complexity index is 200. The molecule has 13 heavy (non-hydrogen) atoms. The Hall–Kier alpha value is -0.940. The van der Waals surface area contributed by atoms with Gasteiger partial charge in [0.1, 0.15) is 0 Å². The monoisotopic (exact) mass is 186 g/mol. The number of Topliss-reactive ketones (excluding diaryl/α,β-unsaturated/α-hetero) is 1. The van der Waals surface area contributed by atoms with Crippen molar-refractivity contribution in [2.24, 2.45) is 11.8 Å². The number of hydrogen-bond acceptors (Lipinski definition) is 4. The van der Waals surface area contributed by atoms with E-state index in [9.17, 15) is 9.59 Å². The van der Waals surface area contributed by atoms with Crippen LogP contribution < -0.4 is 11.3 Å². The smallest absolute Gasteiger partial charge is 0.301 e. The van der Waals surface area contributed by atoms with Crippen molar-refractivity contribution in [1.29, 1.82) is 0 Å². The second-order valence-corrected chi connectivity index (χ2v) is 3.16. The van der Waals surface area contributed by atoms with Gasteiger partial charge in [-0.05, 0) is 18.8 Å². The SMILES string of the molecule is NNC(=O)C(=O)CC1CCOCC1.